The van der Waals surface area contributed by atoms with Gasteiger partial charge in [0.15, 0.2) is 5.82 Å². The van der Waals surface area contributed by atoms with Crippen molar-refractivity contribution >= 4 is 32.6 Å². The molecule has 2 aromatic heterocycles. The zero-order chi connectivity index (χ0) is 31.2. The molecule has 0 spiro atoms. The van der Waals surface area contributed by atoms with E-state index in [1.165, 1.54) is 43.7 Å². The topological polar surface area (TPSA) is 30.7 Å². The summed E-state index contributed by atoms with van der Waals surface area (Å²) in [5.41, 5.74) is 10.8. The number of aromatic nitrogens is 3. The van der Waals surface area contributed by atoms with Crippen molar-refractivity contribution in [2.24, 2.45) is 0 Å². The Hall–Kier alpha value is -6.32. The van der Waals surface area contributed by atoms with E-state index in [9.17, 15) is 0 Å². The molecule has 220 valence electrons. The van der Waals surface area contributed by atoms with Gasteiger partial charge in [0.25, 0.3) is 0 Å². The van der Waals surface area contributed by atoms with Crippen LogP contribution in [0.5, 0.6) is 0 Å². The molecule has 0 radical (unpaired) electrons. The molecule has 7 aromatic carbocycles. The highest BCUT2D eigenvalue weighted by atomic mass is 15.0. The summed E-state index contributed by atoms with van der Waals surface area (Å²) in [6.07, 6.45) is 0. The molecular formula is C44H29N3. The Morgan fingerprint density at radius 3 is 1.60 bits per heavy atom. The van der Waals surface area contributed by atoms with Gasteiger partial charge in [-0.15, -0.1) is 0 Å². The van der Waals surface area contributed by atoms with E-state index >= 15 is 0 Å². The standard InChI is InChI=1S/C44H29N3/c1-3-11-30(12-4-1)31-19-21-33(22-20-31)40-29-41(46-44(45-40)35-14-5-2-6-15-35)34-23-26-36(27-24-34)47-42-18-10-9-17-38(42)39-28-25-32-13-7-8-16-37(32)43(39)47/h1-29H. The maximum absolute atomic E-state index is 5.08. The van der Waals surface area contributed by atoms with Gasteiger partial charge in [-0.1, -0.05) is 152 Å². The fraction of sp³-hybridized carbons (Fsp3) is 0. The molecule has 0 bridgehead atoms. The van der Waals surface area contributed by atoms with E-state index in [1.54, 1.807) is 0 Å². The monoisotopic (exact) mass is 599 g/mol. The van der Waals surface area contributed by atoms with Crippen LogP contribution < -0.4 is 0 Å². The van der Waals surface area contributed by atoms with E-state index in [1.807, 2.05) is 24.3 Å². The zero-order valence-electron chi connectivity index (χ0n) is 25.6. The molecule has 9 rings (SSSR count). The number of benzene rings is 7. The third-order valence-corrected chi connectivity index (χ3v) is 9.03. The summed E-state index contributed by atoms with van der Waals surface area (Å²) in [5.74, 6) is 0.711. The summed E-state index contributed by atoms with van der Waals surface area (Å²) in [5, 5.41) is 4.99. The molecule has 0 aliphatic carbocycles. The molecule has 2 heterocycles. The average Bonchev–Trinajstić information content (AvgIpc) is 3.50. The molecule has 9 aromatic rings. The highest BCUT2D eigenvalue weighted by Gasteiger charge is 2.16. The predicted octanol–water partition coefficient (Wildman–Crippen LogP) is 11.4. The third-order valence-electron chi connectivity index (χ3n) is 9.03. The first-order valence-electron chi connectivity index (χ1n) is 15.9. The lowest BCUT2D eigenvalue weighted by Crippen LogP contribution is -1.97. The lowest BCUT2D eigenvalue weighted by molar-refractivity contribution is 1.17. The Labute approximate surface area is 273 Å². The van der Waals surface area contributed by atoms with Crippen LogP contribution in [0.25, 0.3) is 83.3 Å². The summed E-state index contributed by atoms with van der Waals surface area (Å²) in [4.78, 5) is 10.1. The SMILES string of the molecule is c1ccc(-c2ccc(-c3cc(-c4ccc(-n5c6ccccc6c6ccc7ccccc7c65)cc4)nc(-c4ccccc4)n3)cc2)cc1. The number of hydrogen-bond donors (Lipinski definition) is 0. The highest BCUT2D eigenvalue weighted by molar-refractivity contribution is 6.18. The van der Waals surface area contributed by atoms with E-state index in [0.29, 0.717) is 5.82 Å². The van der Waals surface area contributed by atoms with Gasteiger partial charge in [0.1, 0.15) is 0 Å². The van der Waals surface area contributed by atoms with Gasteiger partial charge in [0, 0.05) is 38.5 Å². The van der Waals surface area contributed by atoms with Crippen molar-refractivity contribution in [2.75, 3.05) is 0 Å². The van der Waals surface area contributed by atoms with Crippen LogP contribution in [0.3, 0.4) is 0 Å². The van der Waals surface area contributed by atoms with Crippen LogP contribution in [0.4, 0.5) is 0 Å². The fourth-order valence-electron chi connectivity index (χ4n) is 6.70. The van der Waals surface area contributed by atoms with Crippen molar-refractivity contribution in [3.8, 4) is 50.7 Å². The Bertz CT molecular complexity index is 2530. The van der Waals surface area contributed by atoms with E-state index < -0.39 is 0 Å². The van der Waals surface area contributed by atoms with E-state index in [-0.39, 0.29) is 0 Å². The first kappa shape index (κ1) is 27.0. The van der Waals surface area contributed by atoms with Crippen molar-refractivity contribution in [3.63, 3.8) is 0 Å². The highest BCUT2D eigenvalue weighted by Crippen LogP contribution is 2.37. The minimum atomic E-state index is 0.711. The van der Waals surface area contributed by atoms with Crippen LogP contribution in [-0.2, 0) is 0 Å². The normalized spacial score (nSPS) is 11.4. The Balaban J connectivity index is 1.17. The van der Waals surface area contributed by atoms with Gasteiger partial charge in [-0.2, -0.15) is 0 Å². The molecule has 47 heavy (non-hydrogen) atoms. The van der Waals surface area contributed by atoms with Crippen LogP contribution in [0.2, 0.25) is 0 Å². The maximum atomic E-state index is 5.08. The summed E-state index contributed by atoms with van der Waals surface area (Å²) >= 11 is 0. The zero-order valence-corrected chi connectivity index (χ0v) is 25.6. The van der Waals surface area contributed by atoms with Crippen LogP contribution in [-0.4, -0.2) is 14.5 Å². The Morgan fingerprint density at radius 1 is 0.362 bits per heavy atom. The van der Waals surface area contributed by atoms with E-state index in [4.69, 9.17) is 9.97 Å². The second-order valence-corrected chi connectivity index (χ2v) is 11.9. The van der Waals surface area contributed by atoms with Crippen LogP contribution >= 0.6 is 0 Å². The number of nitrogens with zero attached hydrogens (tertiary/aromatic N) is 3. The van der Waals surface area contributed by atoms with Crippen molar-refractivity contribution in [1.29, 1.82) is 0 Å². The molecule has 0 aliphatic heterocycles. The quantitative estimate of drug-likeness (QED) is 0.197. The molecule has 3 nitrogen and oxygen atoms in total. The third kappa shape index (κ3) is 4.77. The molecule has 0 fully saturated rings. The first-order chi connectivity index (χ1) is 23.3. The minimum absolute atomic E-state index is 0.711. The molecule has 0 N–H and O–H groups in total. The molecule has 0 saturated heterocycles. The number of rotatable bonds is 5. The molecule has 0 aliphatic rings. The summed E-state index contributed by atoms with van der Waals surface area (Å²) in [6, 6.07) is 62.0. The van der Waals surface area contributed by atoms with E-state index in [2.05, 4.69) is 156 Å². The average molecular weight is 600 g/mol. The van der Waals surface area contributed by atoms with Crippen LogP contribution in [0.15, 0.2) is 176 Å². The molecular weight excluding hydrogens is 571 g/mol. The smallest absolute Gasteiger partial charge is 0.160 e. The Morgan fingerprint density at radius 2 is 0.894 bits per heavy atom. The van der Waals surface area contributed by atoms with Gasteiger partial charge < -0.3 is 4.57 Å². The number of fused-ring (bicyclic) bond motifs is 5. The van der Waals surface area contributed by atoms with Crippen molar-refractivity contribution in [3.05, 3.63) is 176 Å². The number of para-hydroxylation sites is 1. The first-order valence-corrected chi connectivity index (χ1v) is 15.9. The summed E-state index contributed by atoms with van der Waals surface area (Å²) in [6.45, 7) is 0. The van der Waals surface area contributed by atoms with Gasteiger partial charge in [0.05, 0.1) is 22.4 Å². The lowest BCUT2D eigenvalue weighted by atomic mass is 10.0. The molecule has 0 atom stereocenters. The molecule has 0 amide bonds. The van der Waals surface area contributed by atoms with Gasteiger partial charge in [-0.3, -0.25) is 0 Å². The van der Waals surface area contributed by atoms with Gasteiger partial charge in [0.2, 0.25) is 0 Å². The second kappa shape index (κ2) is 11.2. The maximum Gasteiger partial charge on any atom is 0.160 e. The lowest BCUT2D eigenvalue weighted by Gasteiger charge is -2.12. The summed E-state index contributed by atoms with van der Waals surface area (Å²) in [7, 11) is 0. The van der Waals surface area contributed by atoms with E-state index in [0.717, 1.165) is 33.8 Å². The Kier molecular flexibility index (Phi) is 6.46. The molecule has 0 unspecified atom stereocenters. The van der Waals surface area contributed by atoms with Crippen molar-refractivity contribution in [2.45, 2.75) is 0 Å². The van der Waals surface area contributed by atoms with Crippen molar-refractivity contribution < 1.29 is 0 Å². The van der Waals surface area contributed by atoms with Crippen molar-refractivity contribution in [1.82, 2.24) is 14.5 Å². The molecule has 3 heteroatoms. The predicted molar refractivity (Wildman–Crippen MR) is 196 cm³/mol. The van der Waals surface area contributed by atoms with Gasteiger partial charge in [-0.05, 0) is 40.8 Å². The summed E-state index contributed by atoms with van der Waals surface area (Å²) < 4.78 is 2.39. The molecule has 0 saturated carbocycles. The number of hydrogen-bond acceptors (Lipinski definition) is 2. The van der Waals surface area contributed by atoms with Crippen LogP contribution in [0.1, 0.15) is 0 Å². The largest absolute Gasteiger partial charge is 0.309 e. The van der Waals surface area contributed by atoms with Gasteiger partial charge >= 0.3 is 0 Å². The minimum Gasteiger partial charge on any atom is -0.309 e. The fourth-order valence-corrected chi connectivity index (χ4v) is 6.70. The van der Waals surface area contributed by atoms with Crippen LogP contribution in [0, 0.1) is 0 Å². The second-order valence-electron chi connectivity index (χ2n) is 11.9. The van der Waals surface area contributed by atoms with Gasteiger partial charge in [-0.25, -0.2) is 9.97 Å².